The van der Waals surface area contributed by atoms with Crippen LogP contribution in [0.1, 0.15) is 22.9 Å². The number of hydrogen-bond acceptors (Lipinski definition) is 5. The van der Waals surface area contributed by atoms with Gasteiger partial charge in [-0.15, -0.1) is 0 Å². The lowest BCUT2D eigenvalue weighted by atomic mass is 9.89. The molecule has 2 aliphatic rings. The summed E-state index contributed by atoms with van der Waals surface area (Å²) in [6.07, 6.45) is 0.449. The lowest BCUT2D eigenvalue weighted by molar-refractivity contribution is 0.147. The molecule has 7 nitrogen and oxygen atoms in total. The minimum atomic E-state index is -0.333. The largest absolute Gasteiger partial charge is 0.493 e. The molecule has 1 saturated heterocycles. The summed E-state index contributed by atoms with van der Waals surface area (Å²) in [5.74, 6) is 1.62. The monoisotopic (exact) mass is 394 g/mol. The number of rotatable bonds is 4. The van der Waals surface area contributed by atoms with Gasteiger partial charge in [-0.3, -0.25) is 4.90 Å². The van der Waals surface area contributed by atoms with E-state index in [0.717, 1.165) is 23.2 Å². The van der Waals surface area contributed by atoms with Crippen LogP contribution in [0.3, 0.4) is 0 Å². The number of nitrogens with zero attached hydrogens (tertiary/aromatic N) is 1. The number of H-pyrrole nitrogens is 1. The second-order valence-electron chi connectivity index (χ2n) is 7.27. The van der Waals surface area contributed by atoms with Gasteiger partial charge in [0.1, 0.15) is 12.6 Å². The van der Waals surface area contributed by atoms with Gasteiger partial charge in [-0.25, -0.2) is 4.79 Å². The fourth-order valence-corrected chi connectivity index (χ4v) is 4.58. The molecular formula is C22H22N2O5. The SMILES string of the molecule is COc1cc([C@H]2c3[nH]c4ccccc4c3C[C@@H]3COC(=O)N32)cc(OC)c1OC. The molecule has 1 amide bonds. The Morgan fingerprint density at radius 2 is 1.79 bits per heavy atom. The summed E-state index contributed by atoms with van der Waals surface area (Å²) < 4.78 is 22.0. The molecule has 7 heteroatoms. The van der Waals surface area contributed by atoms with Crippen LogP contribution in [0.2, 0.25) is 0 Å². The van der Waals surface area contributed by atoms with E-state index in [2.05, 4.69) is 17.1 Å². The Hall–Kier alpha value is -3.35. The van der Waals surface area contributed by atoms with E-state index in [1.807, 2.05) is 29.2 Å². The van der Waals surface area contributed by atoms with Crippen molar-refractivity contribution < 1.29 is 23.7 Å². The first-order valence-corrected chi connectivity index (χ1v) is 9.50. The molecule has 1 fully saturated rings. The van der Waals surface area contributed by atoms with Crippen LogP contribution in [-0.4, -0.2) is 50.0 Å². The van der Waals surface area contributed by atoms with E-state index in [1.54, 1.807) is 21.3 Å². The van der Waals surface area contributed by atoms with Crippen LogP contribution in [0.15, 0.2) is 36.4 Å². The van der Waals surface area contributed by atoms with Crippen LogP contribution < -0.4 is 14.2 Å². The summed E-state index contributed by atoms with van der Waals surface area (Å²) in [6.45, 7) is 0.388. The summed E-state index contributed by atoms with van der Waals surface area (Å²) in [5, 5.41) is 1.18. The van der Waals surface area contributed by atoms with Crippen LogP contribution in [0, 0.1) is 0 Å². The van der Waals surface area contributed by atoms with Crippen molar-refractivity contribution in [3.05, 3.63) is 53.2 Å². The topological polar surface area (TPSA) is 73.0 Å². The van der Waals surface area contributed by atoms with Crippen molar-refractivity contribution >= 4 is 17.0 Å². The van der Waals surface area contributed by atoms with E-state index < -0.39 is 0 Å². The predicted octanol–water partition coefficient (Wildman–Crippen LogP) is 3.66. The molecule has 0 radical (unpaired) electrons. The lowest BCUT2D eigenvalue weighted by Gasteiger charge is -2.36. The molecule has 0 aliphatic carbocycles. The molecule has 2 aromatic carbocycles. The summed E-state index contributed by atoms with van der Waals surface area (Å²) in [5.41, 5.74) is 4.15. The smallest absolute Gasteiger partial charge is 0.411 e. The molecule has 2 atom stereocenters. The van der Waals surface area contributed by atoms with Gasteiger partial charge < -0.3 is 23.9 Å². The molecular weight excluding hydrogens is 372 g/mol. The summed E-state index contributed by atoms with van der Waals surface area (Å²) in [7, 11) is 4.75. The number of cyclic esters (lactones) is 1. The third-order valence-corrected chi connectivity index (χ3v) is 5.84. The Morgan fingerprint density at radius 1 is 1.07 bits per heavy atom. The normalized spacial score (nSPS) is 20.2. The standard InChI is InChI=1S/C22H22N2O5/c1-26-17-8-12(9-18(27-2)21(17)28-3)20-19-15(10-13-11-29-22(25)24(13)20)14-6-4-5-7-16(14)23-19/h4-9,13,20,23H,10-11H2,1-3H3/t13-,20+/m1/s1. The third-order valence-electron chi connectivity index (χ3n) is 5.84. The molecule has 0 unspecified atom stereocenters. The van der Waals surface area contributed by atoms with Crippen molar-refractivity contribution in [2.75, 3.05) is 27.9 Å². The quantitative estimate of drug-likeness (QED) is 0.731. The van der Waals surface area contributed by atoms with E-state index in [1.165, 1.54) is 10.9 Å². The number of carbonyl (C=O) groups is 1. The van der Waals surface area contributed by atoms with Gasteiger partial charge in [-0.1, -0.05) is 18.2 Å². The maximum absolute atomic E-state index is 12.7. The molecule has 150 valence electrons. The first kappa shape index (κ1) is 17.7. The molecule has 5 rings (SSSR count). The van der Waals surface area contributed by atoms with Gasteiger partial charge in [-0.2, -0.15) is 0 Å². The fourth-order valence-electron chi connectivity index (χ4n) is 4.58. The van der Waals surface area contributed by atoms with Gasteiger partial charge in [0.25, 0.3) is 0 Å². The van der Waals surface area contributed by atoms with Crippen molar-refractivity contribution in [3.8, 4) is 17.2 Å². The number of aromatic amines is 1. The van der Waals surface area contributed by atoms with Crippen molar-refractivity contribution in [2.45, 2.75) is 18.5 Å². The summed E-state index contributed by atoms with van der Waals surface area (Å²) in [6, 6.07) is 11.7. The lowest BCUT2D eigenvalue weighted by Crippen LogP contribution is -2.42. The number of benzene rings is 2. The zero-order valence-corrected chi connectivity index (χ0v) is 16.5. The highest BCUT2D eigenvalue weighted by Gasteiger charge is 2.45. The highest BCUT2D eigenvalue weighted by molar-refractivity contribution is 5.86. The van der Waals surface area contributed by atoms with E-state index >= 15 is 0 Å². The fraction of sp³-hybridized carbons (Fsp3) is 0.318. The maximum Gasteiger partial charge on any atom is 0.411 e. The average Bonchev–Trinajstić information content (AvgIpc) is 3.31. The molecule has 2 aliphatic heterocycles. The maximum atomic E-state index is 12.7. The molecule has 29 heavy (non-hydrogen) atoms. The van der Waals surface area contributed by atoms with E-state index in [9.17, 15) is 4.79 Å². The number of methoxy groups -OCH3 is 3. The van der Waals surface area contributed by atoms with Crippen LogP contribution >= 0.6 is 0 Å². The zero-order valence-electron chi connectivity index (χ0n) is 16.5. The molecule has 3 heterocycles. The summed E-state index contributed by atoms with van der Waals surface area (Å²) in [4.78, 5) is 18.0. The Labute approximate surface area is 168 Å². The van der Waals surface area contributed by atoms with E-state index in [4.69, 9.17) is 18.9 Å². The Bertz CT molecular complexity index is 1080. The van der Waals surface area contributed by atoms with Gasteiger partial charge in [0.15, 0.2) is 11.5 Å². The number of carbonyl (C=O) groups excluding carboxylic acids is 1. The van der Waals surface area contributed by atoms with Gasteiger partial charge in [0, 0.05) is 16.6 Å². The number of para-hydroxylation sites is 1. The number of ether oxygens (including phenoxy) is 4. The third kappa shape index (κ3) is 2.53. The van der Waals surface area contributed by atoms with Crippen molar-refractivity contribution in [1.29, 1.82) is 0 Å². The number of aromatic nitrogens is 1. The first-order chi connectivity index (χ1) is 14.2. The second kappa shape index (κ2) is 6.62. The molecule has 1 aromatic heterocycles. The van der Waals surface area contributed by atoms with Gasteiger partial charge in [-0.05, 0) is 35.7 Å². The van der Waals surface area contributed by atoms with E-state index in [-0.39, 0.29) is 18.2 Å². The Kier molecular flexibility index (Phi) is 4.04. The van der Waals surface area contributed by atoms with Gasteiger partial charge >= 0.3 is 6.09 Å². The highest BCUT2D eigenvalue weighted by Crippen LogP contribution is 2.47. The second-order valence-corrected chi connectivity index (χ2v) is 7.27. The molecule has 1 N–H and O–H groups in total. The number of fused-ring (bicyclic) bond motifs is 4. The molecule has 3 aromatic rings. The zero-order chi connectivity index (χ0) is 20.1. The predicted molar refractivity (Wildman–Crippen MR) is 107 cm³/mol. The first-order valence-electron chi connectivity index (χ1n) is 9.50. The highest BCUT2D eigenvalue weighted by atomic mass is 16.6. The number of hydrogen-bond donors (Lipinski definition) is 1. The number of nitrogens with one attached hydrogen (secondary N) is 1. The minimum absolute atomic E-state index is 0.0155. The summed E-state index contributed by atoms with van der Waals surface area (Å²) >= 11 is 0. The van der Waals surface area contributed by atoms with Crippen molar-refractivity contribution in [2.24, 2.45) is 0 Å². The minimum Gasteiger partial charge on any atom is -0.493 e. The van der Waals surface area contributed by atoms with Crippen LogP contribution in [0.25, 0.3) is 10.9 Å². The molecule has 0 spiro atoms. The number of amides is 1. The van der Waals surface area contributed by atoms with Crippen LogP contribution in [0.4, 0.5) is 4.79 Å². The Balaban J connectivity index is 1.75. The molecule has 0 saturated carbocycles. The van der Waals surface area contributed by atoms with Crippen molar-refractivity contribution in [3.63, 3.8) is 0 Å². The van der Waals surface area contributed by atoms with Crippen LogP contribution in [0.5, 0.6) is 17.2 Å². The Morgan fingerprint density at radius 3 is 2.48 bits per heavy atom. The van der Waals surface area contributed by atoms with Gasteiger partial charge in [0.05, 0.1) is 27.4 Å². The molecule has 0 bridgehead atoms. The van der Waals surface area contributed by atoms with Crippen molar-refractivity contribution in [1.82, 2.24) is 9.88 Å². The van der Waals surface area contributed by atoms with E-state index in [0.29, 0.717) is 23.9 Å². The van der Waals surface area contributed by atoms with Crippen LogP contribution in [-0.2, 0) is 11.2 Å². The average molecular weight is 394 g/mol. The van der Waals surface area contributed by atoms with Gasteiger partial charge in [0.2, 0.25) is 5.75 Å².